The monoisotopic (exact) mass is 644 g/mol. The smallest absolute Gasteiger partial charge is 0.458 e. The summed E-state index contributed by atoms with van der Waals surface area (Å²) >= 11 is 0. The van der Waals surface area contributed by atoms with Gasteiger partial charge in [0, 0.05) is 18.0 Å². The van der Waals surface area contributed by atoms with Gasteiger partial charge in [-0.25, -0.2) is 4.99 Å². The molecule has 7 N–H and O–H groups in total. The molecular formula is C27H26F6N6O6. The Morgan fingerprint density at radius 1 is 0.911 bits per heavy atom. The van der Waals surface area contributed by atoms with Crippen LogP contribution >= 0.6 is 0 Å². The number of carbonyl (C=O) groups is 5. The fraction of sp³-hybridized carbons (Fsp3) is 0.222. The van der Waals surface area contributed by atoms with Crippen LogP contribution in [0.1, 0.15) is 35.8 Å². The van der Waals surface area contributed by atoms with E-state index in [1.54, 1.807) is 36.5 Å². The van der Waals surface area contributed by atoms with Crippen molar-refractivity contribution < 1.29 is 55.4 Å². The van der Waals surface area contributed by atoms with Crippen LogP contribution in [0.2, 0.25) is 0 Å². The maximum Gasteiger partial charge on any atom is 0.458 e. The van der Waals surface area contributed by atoms with Crippen molar-refractivity contribution in [3.05, 3.63) is 72.1 Å². The molecule has 0 aliphatic rings. The fourth-order valence-corrected chi connectivity index (χ4v) is 3.46. The molecule has 0 aliphatic carbocycles. The molecule has 0 fully saturated rings. The molecule has 0 saturated heterocycles. The largest absolute Gasteiger partial charge is 0.481 e. The van der Waals surface area contributed by atoms with Crippen LogP contribution in [0, 0.1) is 0 Å². The van der Waals surface area contributed by atoms with Crippen LogP contribution in [0.3, 0.4) is 0 Å². The minimum Gasteiger partial charge on any atom is -0.481 e. The third-order valence-corrected chi connectivity index (χ3v) is 5.28. The Morgan fingerprint density at radius 2 is 1.51 bits per heavy atom. The van der Waals surface area contributed by atoms with Crippen LogP contribution < -0.4 is 22.1 Å². The number of hydrogen-bond donors (Lipinski definition) is 5. The van der Waals surface area contributed by atoms with Crippen LogP contribution in [0.15, 0.2) is 65.9 Å². The van der Waals surface area contributed by atoms with Crippen LogP contribution in [0.4, 0.5) is 32.0 Å². The molecule has 3 aromatic rings. The van der Waals surface area contributed by atoms with Gasteiger partial charge in [-0.3, -0.25) is 29.0 Å². The lowest BCUT2D eigenvalue weighted by Gasteiger charge is -2.17. The number of aliphatic imine (C=N–C) groups is 1. The molecular weight excluding hydrogens is 618 g/mol. The number of pyridine rings is 1. The fourth-order valence-electron chi connectivity index (χ4n) is 3.46. The van der Waals surface area contributed by atoms with E-state index in [4.69, 9.17) is 16.6 Å². The topological polar surface area (TPSA) is 207 Å². The van der Waals surface area contributed by atoms with Gasteiger partial charge in [-0.1, -0.05) is 37.8 Å². The second-order valence-corrected chi connectivity index (χ2v) is 8.59. The minimum absolute atomic E-state index is 0. The summed E-state index contributed by atoms with van der Waals surface area (Å²) in [5.41, 5.74) is 12.1. The Hall–Kier alpha value is -5.55. The summed E-state index contributed by atoms with van der Waals surface area (Å²) in [5, 5.41) is 15.7. The average molecular weight is 645 g/mol. The number of Topliss-reactive ketones (excluding diaryl/α,β-unsaturated/α-hetero) is 2. The van der Waals surface area contributed by atoms with Crippen LogP contribution in [-0.2, 0) is 19.2 Å². The van der Waals surface area contributed by atoms with Crippen molar-refractivity contribution in [1.29, 1.82) is 0 Å². The summed E-state index contributed by atoms with van der Waals surface area (Å²) in [6, 6.07) is 13.0. The van der Waals surface area contributed by atoms with E-state index in [1.807, 2.05) is 12.1 Å². The number of fused-ring (bicyclic) bond motifs is 1. The number of carbonyl (C=O) groups excluding carboxylic acids is 4. The highest BCUT2D eigenvalue weighted by Gasteiger charge is 2.54. The highest BCUT2D eigenvalue weighted by molar-refractivity contribution is 6.41. The highest BCUT2D eigenvalue weighted by atomic mass is 19.4. The van der Waals surface area contributed by atoms with Crippen molar-refractivity contribution >= 4 is 51.8 Å². The molecule has 0 aliphatic heterocycles. The summed E-state index contributed by atoms with van der Waals surface area (Å²) in [7, 11) is 0. The van der Waals surface area contributed by atoms with Gasteiger partial charge in [0.05, 0.1) is 24.7 Å². The maximum absolute atomic E-state index is 12.8. The van der Waals surface area contributed by atoms with Gasteiger partial charge < -0.3 is 27.2 Å². The number of guanidine groups is 1. The van der Waals surface area contributed by atoms with Crippen molar-refractivity contribution in [2.75, 3.05) is 6.54 Å². The molecule has 1 unspecified atom stereocenters. The quantitative estimate of drug-likeness (QED) is 0.100. The molecule has 1 heterocycles. The lowest BCUT2D eigenvalue weighted by molar-refractivity contribution is -0.193. The molecule has 0 radical (unpaired) electrons. The number of nitrogens with zero attached hydrogens (tertiary/aromatic N) is 2. The van der Waals surface area contributed by atoms with Crippen molar-refractivity contribution in [3.63, 3.8) is 0 Å². The third-order valence-electron chi connectivity index (χ3n) is 5.28. The van der Waals surface area contributed by atoms with Crippen molar-refractivity contribution in [1.82, 2.24) is 15.6 Å². The normalized spacial score (nSPS) is 11.5. The average Bonchev–Trinajstić information content (AvgIpc) is 2.93. The molecule has 45 heavy (non-hydrogen) atoms. The standard InChI is InChI=1S/C22H22N6O4.C4F6O2.CH4/c23-22(24)27-15-8-13-4-1-2-6-16(13)17(9-15)21(32)26-12-19(29)28-18(10-20(30)31)14-5-3-7-25-11-14;5-3(6,7)1(11)2(12)4(8,9)10;/h1-9,11,18H,10,12H2,(H,26,32)(H,28,29)(H,30,31)(H4,23,24,27);;1H4. The van der Waals surface area contributed by atoms with E-state index in [1.165, 1.54) is 12.3 Å². The predicted molar refractivity (Wildman–Crippen MR) is 148 cm³/mol. The van der Waals surface area contributed by atoms with Gasteiger partial charge in [0.25, 0.3) is 5.91 Å². The number of benzene rings is 2. The Kier molecular flexibility index (Phi) is 13.1. The van der Waals surface area contributed by atoms with Crippen LogP contribution in [0.25, 0.3) is 10.8 Å². The second kappa shape index (κ2) is 15.8. The number of nitrogens with one attached hydrogen (secondary N) is 2. The number of ketones is 2. The molecule has 1 atom stereocenters. The van der Waals surface area contributed by atoms with E-state index >= 15 is 0 Å². The number of nitrogens with two attached hydrogens (primary N) is 2. The van der Waals surface area contributed by atoms with Gasteiger partial charge in [-0.15, -0.1) is 0 Å². The van der Waals surface area contributed by atoms with E-state index in [0.29, 0.717) is 22.2 Å². The molecule has 242 valence electrons. The van der Waals surface area contributed by atoms with E-state index in [9.17, 15) is 50.3 Å². The van der Waals surface area contributed by atoms with E-state index in [0.717, 1.165) is 5.39 Å². The Balaban J connectivity index is 0.000000663. The van der Waals surface area contributed by atoms with Crippen LogP contribution in [0.5, 0.6) is 0 Å². The van der Waals surface area contributed by atoms with Gasteiger partial charge in [-0.05, 0) is 34.5 Å². The number of alkyl halides is 6. The van der Waals surface area contributed by atoms with Gasteiger partial charge >= 0.3 is 29.9 Å². The van der Waals surface area contributed by atoms with Crippen molar-refractivity contribution in [3.8, 4) is 0 Å². The van der Waals surface area contributed by atoms with Crippen molar-refractivity contribution in [2.24, 2.45) is 16.5 Å². The zero-order chi connectivity index (χ0) is 33.2. The summed E-state index contributed by atoms with van der Waals surface area (Å²) in [4.78, 5) is 63.6. The van der Waals surface area contributed by atoms with Gasteiger partial charge in [0.15, 0.2) is 5.96 Å². The zero-order valence-electron chi connectivity index (χ0n) is 22.1. The van der Waals surface area contributed by atoms with Gasteiger partial charge in [0.1, 0.15) is 0 Å². The van der Waals surface area contributed by atoms with E-state index in [2.05, 4.69) is 20.6 Å². The van der Waals surface area contributed by atoms with Crippen molar-refractivity contribution in [2.45, 2.75) is 32.2 Å². The SMILES string of the molecule is C.NC(N)=Nc1cc(C(=O)NCC(=O)NC(CC(=O)O)c2cccnc2)c2ccccc2c1.O=C(C(=O)C(F)(F)F)C(F)(F)F. The Labute approximate surface area is 250 Å². The lowest BCUT2D eigenvalue weighted by atomic mass is 10.0. The third kappa shape index (κ3) is 11.6. The molecule has 2 aromatic carbocycles. The Bertz CT molecular complexity index is 1550. The van der Waals surface area contributed by atoms with E-state index in [-0.39, 0.29) is 26.4 Å². The first kappa shape index (κ1) is 37.5. The maximum atomic E-state index is 12.8. The van der Waals surface area contributed by atoms with Gasteiger partial charge in [0.2, 0.25) is 5.91 Å². The summed E-state index contributed by atoms with van der Waals surface area (Å²) in [6.45, 7) is -0.351. The number of hydrogen-bond acceptors (Lipinski definition) is 7. The number of amides is 2. The molecule has 0 saturated carbocycles. The molecule has 12 nitrogen and oxygen atoms in total. The number of halogens is 6. The first-order chi connectivity index (χ1) is 20.4. The summed E-state index contributed by atoms with van der Waals surface area (Å²) in [6.07, 6.45) is -8.84. The summed E-state index contributed by atoms with van der Waals surface area (Å²) in [5.74, 6) is -9.08. The molecule has 0 spiro atoms. The molecule has 18 heteroatoms. The van der Waals surface area contributed by atoms with Gasteiger partial charge in [-0.2, -0.15) is 26.3 Å². The molecule has 2 amide bonds. The van der Waals surface area contributed by atoms with Crippen LogP contribution in [-0.4, -0.2) is 64.3 Å². The molecule has 0 bridgehead atoms. The predicted octanol–water partition coefficient (Wildman–Crippen LogP) is 3.09. The molecule has 1 aromatic heterocycles. The number of carboxylic acids is 1. The zero-order valence-corrected chi connectivity index (χ0v) is 22.1. The first-order valence-corrected chi connectivity index (χ1v) is 11.9. The Morgan fingerprint density at radius 3 is 2.02 bits per heavy atom. The van der Waals surface area contributed by atoms with E-state index < -0.39 is 47.7 Å². The number of carboxylic acid groups (broad SMARTS) is 1. The number of aromatic nitrogens is 1. The second-order valence-electron chi connectivity index (χ2n) is 8.59. The first-order valence-electron chi connectivity index (χ1n) is 11.9. The minimum atomic E-state index is -5.77. The lowest BCUT2D eigenvalue weighted by Crippen LogP contribution is -2.39. The number of rotatable bonds is 9. The number of aliphatic carboxylic acids is 1. The highest BCUT2D eigenvalue weighted by Crippen LogP contribution is 2.26. The molecule has 3 rings (SSSR count). The summed E-state index contributed by atoms with van der Waals surface area (Å²) < 4.78 is 67.0.